The number of hydrogen-bond donors (Lipinski definition) is 1. The van der Waals surface area contributed by atoms with Crippen molar-refractivity contribution in [2.45, 2.75) is 18.9 Å². The van der Waals surface area contributed by atoms with Crippen molar-refractivity contribution in [1.29, 1.82) is 0 Å². The molecule has 1 aliphatic heterocycles. The van der Waals surface area contributed by atoms with E-state index >= 15 is 0 Å². The summed E-state index contributed by atoms with van der Waals surface area (Å²) in [6.45, 7) is 2.09. The molecule has 100 valence electrons. The van der Waals surface area contributed by atoms with Gasteiger partial charge in [-0.15, -0.1) is 0 Å². The van der Waals surface area contributed by atoms with Crippen LogP contribution in [0.15, 0.2) is 36.7 Å². The van der Waals surface area contributed by atoms with Crippen molar-refractivity contribution in [3.05, 3.63) is 41.7 Å². The Morgan fingerprint density at radius 3 is 2.84 bits per heavy atom. The third-order valence-corrected chi connectivity index (χ3v) is 3.64. The standard InChI is InChI=1S/C14H16ClN3O/c15-13-3-1-2-4-14(13)19-12-9-17-18(10-12)11-5-7-16-8-6-11/h1-4,9-11,16H,5-8H2. The van der Waals surface area contributed by atoms with Gasteiger partial charge in [0, 0.05) is 0 Å². The summed E-state index contributed by atoms with van der Waals surface area (Å²) >= 11 is 6.07. The van der Waals surface area contributed by atoms with Crippen LogP contribution in [0.25, 0.3) is 0 Å². The fourth-order valence-corrected chi connectivity index (χ4v) is 2.47. The van der Waals surface area contributed by atoms with Crippen LogP contribution in [0, 0.1) is 0 Å². The van der Waals surface area contributed by atoms with Crippen LogP contribution in [0.2, 0.25) is 5.02 Å². The lowest BCUT2D eigenvalue weighted by atomic mass is 10.1. The van der Waals surface area contributed by atoms with E-state index in [9.17, 15) is 0 Å². The molecule has 5 heteroatoms. The van der Waals surface area contributed by atoms with Gasteiger partial charge in [0.05, 0.1) is 23.5 Å². The first kappa shape index (κ1) is 12.5. The molecule has 0 spiro atoms. The molecule has 1 saturated heterocycles. The molecule has 0 aliphatic carbocycles. The summed E-state index contributed by atoms with van der Waals surface area (Å²) in [5, 5.41) is 8.34. The number of hydrogen-bond acceptors (Lipinski definition) is 3. The van der Waals surface area contributed by atoms with E-state index < -0.39 is 0 Å². The zero-order valence-electron chi connectivity index (χ0n) is 10.6. The molecular formula is C14H16ClN3O. The van der Waals surface area contributed by atoms with Crippen molar-refractivity contribution in [2.24, 2.45) is 0 Å². The molecule has 1 aromatic heterocycles. The first-order chi connectivity index (χ1) is 9.33. The highest BCUT2D eigenvalue weighted by Crippen LogP contribution is 2.29. The first-order valence-corrected chi connectivity index (χ1v) is 6.88. The van der Waals surface area contributed by atoms with Gasteiger partial charge in [0.25, 0.3) is 0 Å². The minimum atomic E-state index is 0.463. The SMILES string of the molecule is Clc1ccccc1Oc1cnn(C2CCNCC2)c1. The van der Waals surface area contributed by atoms with Crippen molar-refractivity contribution >= 4 is 11.6 Å². The minimum Gasteiger partial charge on any atom is -0.452 e. The second-order valence-corrected chi connectivity index (χ2v) is 5.08. The van der Waals surface area contributed by atoms with Gasteiger partial charge in [-0.1, -0.05) is 23.7 Å². The number of rotatable bonds is 3. The average molecular weight is 278 g/mol. The van der Waals surface area contributed by atoms with Crippen LogP contribution in [0.4, 0.5) is 0 Å². The molecule has 0 bridgehead atoms. The van der Waals surface area contributed by atoms with E-state index in [4.69, 9.17) is 16.3 Å². The molecule has 19 heavy (non-hydrogen) atoms. The van der Waals surface area contributed by atoms with Crippen LogP contribution in [0.1, 0.15) is 18.9 Å². The zero-order valence-corrected chi connectivity index (χ0v) is 11.3. The lowest BCUT2D eigenvalue weighted by molar-refractivity contribution is 0.342. The van der Waals surface area contributed by atoms with Gasteiger partial charge >= 0.3 is 0 Å². The highest BCUT2D eigenvalue weighted by atomic mass is 35.5. The number of para-hydroxylation sites is 1. The monoisotopic (exact) mass is 277 g/mol. The van der Waals surface area contributed by atoms with Crippen LogP contribution in [0.3, 0.4) is 0 Å². The van der Waals surface area contributed by atoms with Crippen LogP contribution >= 0.6 is 11.6 Å². The molecule has 1 aromatic carbocycles. The predicted octanol–water partition coefficient (Wildman–Crippen LogP) is 3.25. The lowest BCUT2D eigenvalue weighted by Crippen LogP contribution is -2.29. The zero-order chi connectivity index (χ0) is 13.1. The van der Waals surface area contributed by atoms with Crippen molar-refractivity contribution in [3.63, 3.8) is 0 Å². The van der Waals surface area contributed by atoms with Crippen molar-refractivity contribution in [2.75, 3.05) is 13.1 Å². The minimum absolute atomic E-state index is 0.463. The van der Waals surface area contributed by atoms with Crippen molar-refractivity contribution in [1.82, 2.24) is 15.1 Å². The molecule has 4 nitrogen and oxygen atoms in total. The highest BCUT2D eigenvalue weighted by Gasteiger charge is 2.16. The number of aromatic nitrogens is 2. The van der Waals surface area contributed by atoms with Gasteiger partial charge in [-0.25, -0.2) is 0 Å². The van der Waals surface area contributed by atoms with Crippen LogP contribution in [-0.4, -0.2) is 22.9 Å². The molecule has 1 N–H and O–H groups in total. The summed E-state index contributed by atoms with van der Waals surface area (Å²) in [5.41, 5.74) is 0. The quantitative estimate of drug-likeness (QED) is 0.936. The smallest absolute Gasteiger partial charge is 0.165 e. The molecule has 0 atom stereocenters. The van der Waals surface area contributed by atoms with E-state index in [0.717, 1.165) is 31.7 Å². The molecule has 2 heterocycles. The number of nitrogens with zero attached hydrogens (tertiary/aromatic N) is 2. The molecule has 0 unspecified atom stereocenters. The van der Waals surface area contributed by atoms with E-state index in [1.807, 2.05) is 35.1 Å². The van der Waals surface area contributed by atoms with Gasteiger partial charge in [0.15, 0.2) is 5.75 Å². The Kier molecular flexibility index (Phi) is 3.71. The van der Waals surface area contributed by atoms with Gasteiger partial charge < -0.3 is 10.1 Å². The van der Waals surface area contributed by atoms with Crippen LogP contribution in [-0.2, 0) is 0 Å². The third-order valence-electron chi connectivity index (χ3n) is 3.33. The van der Waals surface area contributed by atoms with Gasteiger partial charge in [0.1, 0.15) is 5.75 Å². The first-order valence-electron chi connectivity index (χ1n) is 6.50. The fourth-order valence-electron chi connectivity index (χ4n) is 2.30. The molecule has 2 aromatic rings. The normalized spacial score (nSPS) is 16.5. The van der Waals surface area contributed by atoms with Gasteiger partial charge in [-0.2, -0.15) is 5.10 Å². The highest BCUT2D eigenvalue weighted by molar-refractivity contribution is 6.32. The Morgan fingerprint density at radius 1 is 1.26 bits per heavy atom. The molecule has 0 saturated carbocycles. The summed E-state index contributed by atoms with van der Waals surface area (Å²) in [6, 6.07) is 7.91. The van der Waals surface area contributed by atoms with E-state index in [1.165, 1.54) is 0 Å². The Balaban J connectivity index is 1.73. The van der Waals surface area contributed by atoms with Crippen molar-refractivity contribution < 1.29 is 4.74 Å². The largest absolute Gasteiger partial charge is 0.452 e. The number of halogens is 1. The number of piperidine rings is 1. The maximum atomic E-state index is 6.07. The number of nitrogens with one attached hydrogen (secondary N) is 1. The van der Waals surface area contributed by atoms with E-state index in [1.54, 1.807) is 6.20 Å². The fraction of sp³-hybridized carbons (Fsp3) is 0.357. The van der Waals surface area contributed by atoms with E-state index in [0.29, 0.717) is 16.8 Å². The second-order valence-electron chi connectivity index (χ2n) is 4.67. The third kappa shape index (κ3) is 2.91. The number of ether oxygens (including phenoxy) is 1. The molecule has 0 amide bonds. The number of benzene rings is 1. The molecule has 1 aliphatic rings. The maximum Gasteiger partial charge on any atom is 0.165 e. The molecular weight excluding hydrogens is 262 g/mol. The summed E-state index contributed by atoms with van der Waals surface area (Å²) in [7, 11) is 0. The maximum absolute atomic E-state index is 6.07. The van der Waals surface area contributed by atoms with Crippen molar-refractivity contribution in [3.8, 4) is 11.5 Å². The molecule has 1 fully saturated rings. The van der Waals surface area contributed by atoms with E-state index in [2.05, 4.69) is 10.4 Å². The average Bonchev–Trinajstić information content (AvgIpc) is 2.91. The summed E-state index contributed by atoms with van der Waals surface area (Å²) < 4.78 is 7.74. The van der Waals surface area contributed by atoms with Gasteiger partial charge in [-0.3, -0.25) is 4.68 Å². The topological polar surface area (TPSA) is 39.1 Å². The lowest BCUT2D eigenvalue weighted by Gasteiger charge is -2.22. The Labute approximate surface area is 117 Å². The van der Waals surface area contributed by atoms with Crippen LogP contribution in [0.5, 0.6) is 11.5 Å². The van der Waals surface area contributed by atoms with E-state index in [-0.39, 0.29) is 0 Å². The van der Waals surface area contributed by atoms with Gasteiger partial charge in [0.2, 0.25) is 0 Å². The predicted molar refractivity (Wildman–Crippen MR) is 74.9 cm³/mol. The molecule has 3 rings (SSSR count). The Bertz CT molecular complexity index is 549. The van der Waals surface area contributed by atoms with Crippen LogP contribution < -0.4 is 10.1 Å². The van der Waals surface area contributed by atoms with Gasteiger partial charge in [-0.05, 0) is 38.1 Å². The summed E-state index contributed by atoms with van der Waals surface area (Å²) in [5.74, 6) is 1.39. The second kappa shape index (κ2) is 5.63. The molecule has 0 radical (unpaired) electrons. The Morgan fingerprint density at radius 2 is 2.05 bits per heavy atom. The Hall–Kier alpha value is -1.52. The summed E-state index contributed by atoms with van der Waals surface area (Å²) in [4.78, 5) is 0. The summed E-state index contributed by atoms with van der Waals surface area (Å²) in [6.07, 6.45) is 5.89.